The van der Waals surface area contributed by atoms with Crippen molar-refractivity contribution in [2.75, 3.05) is 0 Å². The smallest absolute Gasteiger partial charge is 0.260 e. The Bertz CT molecular complexity index is 1000. The van der Waals surface area contributed by atoms with Crippen LogP contribution in [0, 0.1) is 12.8 Å². The van der Waals surface area contributed by atoms with E-state index in [0.29, 0.717) is 12.5 Å². The number of aromatic nitrogens is 3. The van der Waals surface area contributed by atoms with Gasteiger partial charge >= 0.3 is 0 Å². The molecule has 4 rings (SSSR count). The van der Waals surface area contributed by atoms with Gasteiger partial charge in [-0.1, -0.05) is 13.8 Å². The van der Waals surface area contributed by atoms with E-state index in [2.05, 4.69) is 48.7 Å². The highest BCUT2D eigenvalue weighted by atomic mass is 32.1. The van der Waals surface area contributed by atoms with Crippen molar-refractivity contribution in [3.8, 4) is 0 Å². The van der Waals surface area contributed by atoms with Crippen LogP contribution in [-0.4, -0.2) is 9.97 Å². The van der Waals surface area contributed by atoms with E-state index in [-0.39, 0.29) is 5.56 Å². The molecular weight excluding hydrogens is 330 g/mol. The largest absolute Gasteiger partial charge is 0.305 e. The molecule has 0 aromatic carbocycles. The fourth-order valence-electron chi connectivity index (χ4n) is 3.68. The van der Waals surface area contributed by atoms with Gasteiger partial charge in [-0.15, -0.1) is 11.3 Å². The number of aromatic amines is 1. The first kappa shape index (κ1) is 16.5. The third kappa shape index (κ3) is 3.01. The van der Waals surface area contributed by atoms with Crippen LogP contribution in [0.4, 0.5) is 0 Å². The van der Waals surface area contributed by atoms with E-state index in [0.717, 1.165) is 35.3 Å². The minimum atomic E-state index is 0.0250. The van der Waals surface area contributed by atoms with Crippen LogP contribution in [0.25, 0.3) is 10.2 Å². The predicted octanol–water partition coefficient (Wildman–Crippen LogP) is 3.32. The molecular formula is C20H24N3OS+. The quantitative estimate of drug-likeness (QED) is 0.734. The Morgan fingerprint density at radius 3 is 3.04 bits per heavy atom. The average Bonchev–Trinajstić information content (AvgIpc) is 2.94. The number of hydrogen-bond acceptors (Lipinski definition) is 3. The first-order valence-corrected chi connectivity index (χ1v) is 9.89. The topological polar surface area (TPSA) is 49.6 Å². The summed E-state index contributed by atoms with van der Waals surface area (Å²) >= 11 is 1.71. The molecule has 0 radical (unpaired) electrons. The minimum absolute atomic E-state index is 0.0250. The third-order valence-electron chi connectivity index (χ3n) is 5.26. The van der Waals surface area contributed by atoms with Crippen molar-refractivity contribution < 1.29 is 4.57 Å². The van der Waals surface area contributed by atoms with E-state index in [1.165, 1.54) is 28.1 Å². The van der Waals surface area contributed by atoms with Crippen LogP contribution in [0.1, 0.15) is 47.8 Å². The van der Waals surface area contributed by atoms with Crippen molar-refractivity contribution in [1.82, 2.24) is 9.97 Å². The van der Waals surface area contributed by atoms with Crippen LogP contribution in [-0.2, 0) is 25.8 Å². The van der Waals surface area contributed by atoms with Crippen molar-refractivity contribution in [2.45, 2.75) is 53.0 Å². The van der Waals surface area contributed by atoms with Gasteiger partial charge < -0.3 is 4.98 Å². The van der Waals surface area contributed by atoms with Gasteiger partial charge in [-0.3, -0.25) is 4.79 Å². The molecule has 0 saturated heterocycles. The molecule has 1 N–H and O–H groups in total. The summed E-state index contributed by atoms with van der Waals surface area (Å²) in [6.45, 7) is 7.13. The first-order valence-electron chi connectivity index (χ1n) is 9.07. The number of nitrogens with zero attached hydrogens (tertiary/aromatic N) is 2. The lowest BCUT2D eigenvalue weighted by Crippen LogP contribution is -2.39. The summed E-state index contributed by atoms with van der Waals surface area (Å²) in [6, 6.07) is 4.28. The third-order valence-corrected chi connectivity index (χ3v) is 6.40. The summed E-state index contributed by atoms with van der Waals surface area (Å²) in [6.07, 6.45) is 6.41. The Kier molecular flexibility index (Phi) is 4.20. The van der Waals surface area contributed by atoms with Gasteiger partial charge in [0.15, 0.2) is 17.7 Å². The summed E-state index contributed by atoms with van der Waals surface area (Å²) in [4.78, 5) is 22.8. The summed E-state index contributed by atoms with van der Waals surface area (Å²) < 4.78 is 2.17. The van der Waals surface area contributed by atoms with E-state index in [9.17, 15) is 4.79 Å². The molecule has 5 heteroatoms. The fourth-order valence-corrected chi connectivity index (χ4v) is 5.08. The lowest BCUT2D eigenvalue weighted by Gasteiger charge is -2.17. The maximum Gasteiger partial charge on any atom is 0.260 e. The van der Waals surface area contributed by atoms with E-state index in [4.69, 9.17) is 4.98 Å². The van der Waals surface area contributed by atoms with Crippen molar-refractivity contribution >= 4 is 21.6 Å². The number of nitrogens with one attached hydrogen (secondary N) is 1. The predicted molar refractivity (Wildman–Crippen MR) is 101 cm³/mol. The molecule has 0 bridgehead atoms. The number of H-pyrrole nitrogens is 1. The molecule has 0 fully saturated rings. The summed E-state index contributed by atoms with van der Waals surface area (Å²) in [5, 5.41) is 0.833. The Labute approximate surface area is 151 Å². The van der Waals surface area contributed by atoms with E-state index in [1.807, 2.05) is 0 Å². The lowest BCUT2D eigenvalue weighted by atomic mass is 9.89. The molecule has 1 aliphatic carbocycles. The summed E-state index contributed by atoms with van der Waals surface area (Å²) in [5.74, 6) is 1.44. The van der Waals surface area contributed by atoms with Gasteiger partial charge in [0, 0.05) is 23.4 Å². The number of fused-ring (bicyclic) bond motifs is 3. The Morgan fingerprint density at radius 1 is 1.40 bits per heavy atom. The maximum absolute atomic E-state index is 12.7. The minimum Gasteiger partial charge on any atom is -0.305 e. The van der Waals surface area contributed by atoms with Crippen molar-refractivity contribution in [2.24, 2.45) is 5.92 Å². The van der Waals surface area contributed by atoms with E-state index >= 15 is 0 Å². The molecule has 0 unspecified atom stereocenters. The van der Waals surface area contributed by atoms with Crippen LogP contribution in [0.5, 0.6) is 0 Å². The fraction of sp³-hybridized carbons (Fsp3) is 0.450. The molecule has 0 amide bonds. The lowest BCUT2D eigenvalue weighted by molar-refractivity contribution is -0.695. The van der Waals surface area contributed by atoms with Gasteiger partial charge in [0.1, 0.15) is 4.83 Å². The number of thiophene rings is 1. The highest BCUT2D eigenvalue weighted by Gasteiger charge is 2.23. The molecule has 3 aromatic rings. The molecule has 25 heavy (non-hydrogen) atoms. The van der Waals surface area contributed by atoms with Gasteiger partial charge in [-0.05, 0) is 43.2 Å². The van der Waals surface area contributed by atoms with Crippen LogP contribution >= 0.6 is 11.3 Å². The molecule has 1 atom stereocenters. The van der Waals surface area contributed by atoms with Crippen LogP contribution in [0.15, 0.2) is 23.1 Å². The normalized spacial score (nSPS) is 17.0. The SMILES string of the molecule is CCc1ccc(C)[n+](Cc2nc3sc4c(c3c(=O)[nH]2)CC[C@H](C)C4)c1. The van der Waals surface area contributed by atoms with Crippen molar-refractivity contribution in [1.29, 1.82) is 0 Å². The molecule has 1 aliphatic rings. The molecule has 4 nitrogen and oxygen atoms in total. The summed E-state index contributed by atoms with van der Waals surface area (Å²) in [5.41, 5.74) is 3.72. The van der Waals surface area contributed by atoms with Gasteiger partial charge in [-0.2, -0.15) is 4.57 Å². The van der Waals surface area contributed by atoms with Crippen LogP contribution < -0.4 is 10.1 Å². The van der Waals surface area contributed by atoms with Gasteiger partial charge in [-0.25, -0.2) is 4.98 Å². The maximum atomic E-state index is 12.7. The molecule has 0 saturated carbocycles. The Balaban J connectivity index is 1.76. The second kappa shape index (κ2) is 6.37. The number of hydrogen-bond donors (Lipinski definition) is 1. The standard InChI is InChI=1S/C20H23N3OS/c1-4-14-7-6-13(3)23(10-14)11-17-21-19(24)18-15-8-5-12(2)9-16(15)25-20(18)22-17/h6-7,10,12H,4-5,8-9,11H2,1-3H3/p+1/t12-/m0/s1. The molecule has 130 valence electrons. The van der Waals surface area contributed by atoms with Crippen LogP contribution in [0.3, 0.4) is 0 Å². The average molecular weight is 354 g/mol. The van der Waals surface area contributed by atoms with Crippen molar-refractivity contribution in [3.05, 3.63) is 56.2 Å². The van der Waals surface area contributed by atoms with Gasteiger partial charge in [0.25, 0.3) is 5.56 Å². The second-order valence-electron chi connectivity index (χ2n) is 7.20. The Morgan fingerprint density at radius 2 is 2.24 bits per heavy atom. The number of rotatable bonds is 3. The zero-order chi connectivity index (χ0) is 17.6. The zero-order valence-corrected chi connectivity index (χ0v) is 15.9. The van der Waals surface area contributed by atoms with Gasteiger partial charge in [0.05, 0.1) is 5.39 Å². The highest BCUT2D eigenvalue weighted by molar-refractivity contribution is 7.18. The number of pyridine rings is 1. The van der Waals surface area contributed by atoms with E-state index < -0.39 is 0 Å². The molecule has 3 heterocycles. The molecule has 0 aliphatic heterocycles. The highest BCUT2D eigenvalue weighted by Crippen LogP contribution is 2.35. The van der Waals surface area contributed by atoms with Gasteiger partial charge in [0.2, 0.25) is 6.54 Å². The van der Waals surface area contributed by atoms with E-state index in [1.54, 1.807) is 11.3 Å². The molecule has 3 aromatic heterocycles. The summed E-state index contributed by atoms with van der Waals surface area (Å²) in [7, 11) is 0. The Hall–Kier alpha value is -2.01. The number of aryl methyl sites for hydroxylation is 3. The van der Waals surface area contributed by atoms with Crippen molar-refractivity contribution in [3.63, 3.8) is 0 Å². The first-order chi connectivity index (χ1) is 12.0. The molecule has 0 spiro atoms. The second-order valence-corrected chi connectivity index (χ2v) is 8.29. The monoisotopic (exact) mass is 354 g/mol. The zero-order valence-electron chi connectivity index (χ0n) is 15.1. The van der Waals surface area contributed by atoms with Crippen LogP contribution in [0.2, 0.25) is 0 Å².